The average Bonchev–Trinajstić information content (AvgIpc) is 2.86. The Morgan fingerprint density at radius 3 is 2.55 bits per heavy atom. The molecule has 1 heterocycles. The van der Waals surface area contributed by atoms with Gasteiger partial charge in [0.05, 0.1) is 12.6 Å². The molecule has 0 bridgehead atoms. The molecule has 1 aromatic rings. The number of aromatic nitrogens is 2. The van der Waals surface area contributed by atoms with Crippen LogP contribution in [0.4, 0.5) is 13.2 Å². The van der Waals surface area contributed by atoms with E-state index < -0.39 is 17.4 Å². The molecule has 0 saturated carbocycles. The third-order valence-electron chi connectivity index (χ3n) is 3.25. The summed E-state index contributed by atoms with van der Waals surface area (Å²) in [5, 5.41) is 16.3. The molecule has 0 aromatic carbocycles. The second-order valence-electron chi connectivity index (χ2n) is 5.38. The number of nitrogens with zero attached hydrogens (tertiary/aromatic N) is 2. The summed E-state index contributed by atoms with van der Waals surface area (Å²) in [7, 11) is 0. The van der Waals surface area contributed by atoms with Crippen LogP contribution in [0, 0.1) is 0 Å². The van der Waals surface area contributed by atoms with Crippen LogP contribution < -0.4 is 5.32 Å². The van der Waals surface area contributed by atoms with Crippen molar-refractivity contribution >= 4 is 0 Å². The summed E-state index contributed by atoms with van der Waals surface area (Å²) in [6.45, 7) is 6.32. The lowest BCUT2D eigenvalue weighted by molar-refractivity contribution is -0.141. The number of rotatable bonds is 7. The molecule has 0 aliphatic carbocycles. The van der Waals surface area contributed by atoms with Gasteiger partial charge in [0.2, 0.25) is 0 Å². The van der Waals surface area contributed by atoms with Gasteiger partial charge in [-0.2, -0.15) is 18.3 Å². The molecule has 0 spiro atoms. The molecule has 1 rings (SSSR count). The zero-order valence-corrected chi connectivity index (χ0v) is 12.0. The van der Waals surface area contributed by atoms with Crippen molar-refractivity contribution < 1.29 is 18.3 Å². The molecule has 0 amide bonds. The zero-order chi connectivity index (χ0) is 15.4. The zero-order valence-electron chi connectivity index (χ0n) is 12.0. The van der Waals surface area contributed by atoms with Crippen LogP contribution in [-0.4, -0.2) is 33.6 Å². The van der Waals surface area contributed by atoms with Crippen LogP contribution in [0.3, 0.4) is 0 Å². The fraction of sp³-hybridized carbons (Fsp3) is 0.769. The summed E-state index contributed by atoms with van der Waals surface area (Å²) in [4.78, 5) is 0. The summed E-state index contributed by atoms with van der Waals surface area (Å²) in [5.74, 6) is 0. The number of hydrogen-bond donors (Lipinski definition) is 2. The predicted molar refractivity (Wildman–Crippen MR) is 70.3 cm³/mol. The Hall–Kier alpha value is -1.08. The molecule has 0 saturated heterocycles. The van der Waals surface area contributed by atoms with E-state index in [0.717, 1.165) is 19.0 Å². The highest BCUT2D eigenvalue weighted by Crippen LogP contribution is 2.29. The van der Waals surface area contributed by atoms with E-state index in [-0.39, 0.29) is 12.6 Å². The van der Waals surface area contributed by atoms with E-state index in [2.05, 4.69) is 10.4 Å². The van der Waals surface area contributed by atoms with E-state index in [0.29, 0.717) is 6.42 Å². The third-order valence-corrected chi connectivity index (χ3v) is 3.25. The fourth-order valence-electron chi connectivity index (χ4n) is 2.10. The van der Waals surface area contributed by atoms with Gasteiger partial charge in [-0.25, -0.2) is 0 Å². The Balaban J connectivity index is 2.74. The molecule has 116 valence electrons. The highest BCUT2D eigenvalue weighted by Gasteiger charge is 2.34. The quantitative estimate of drug-likeness (QED) is 0.812. The lowest BCUT2D eigenvalue weighted by Crippen LogP contribution is -2.47. The SMILES string of the molecule is CCCNC(C)(CO)CC(C)n1ccc(C(F)(F)F)n1. The summed E-state index contributed by atoms with van der Waals surface area (Å²) in [5.41, 5.74) is -1.42. The van der Waals surface area contributed by atoms with Gasteiger partial charge in [-0.1, -0.05) is 6.92 Å². The van der Waals surface area contributed by atoms with Crippen molar-refractivity contribution in [2.45, 2.75) is 51.4 Å². The fourth-order valence-corrected chi connectivity index (χ4v) is 2.10. The first-order chi connectivity index (χ1) is 9.22. The van der Waals surface area contributed by atoms with Gasteiger partial charge >= 0.3 is 6.18 Å². The normalized spacial score (nSPS) is 16.9. The van der Waals surface area contributed by atoms with Crippen LogP contribution >= 0.6 is 0 Å². The van der Waals surface area contributed by atoms with Crippen LogP contribution in [0.5, 0.6) is 0 Å². The van der Waals surface area contributed by atoms with Crippen LogP contribution in [0.15, 0.2) is 12.3 Å². The number of alkyl halides is 3. The van der Waals surface area contributed by atoms with Gasteiger partial charge in [0.15, 0.2) is 5.69 Å². The minimum absolute atomic E-state index is 0.0786. The van der Waals surface area contributed by atoms with Gasteiger partial charge in [0.25, 0.3) is 0 Å². The van der Waals surface area contributed by atoms with E-state index in [1.54, 1.807) is 6.92 Å². The molecule has 0 aliphatic heterocycles. The Morgan fingerprint density at radius 2 is 2.10 bits per heavy atom. The second kappa shape index (κ2) is 6.58. The number of nitrogens with one attached hydrogen (secondary N) is 1. The van der Waals surface area contributed by atoms with E-state index in [9.17, 15) is 18.3 Å². The number of halogens is 3. The molecule has 0 aliphatic rings. The van der Waals surface area contributed by atoms with Crippen molar-refractivity contribution in [1.82, 2.24) is 15.1 Å². The number of aliphatic hydroxyl groups excluding tert-OH is 1. The van der Waals surface area contributed by atoms with Crippen LogP contribution in [-0.2, 0) is 6.18 Å². The summed E-state index contributed by atoms with van der Waals surface area (Å²) in [6, 6.07) is 0.722. The van der Waals surface area contributed by atoms with E-state index >= 15 is 0 Å². The van der Waals surface area contributed by atoms with Crippen molar-refractivity contribution in [2.75, 3.05) is 13.2 Å². The molecule has 2 N–H and O–H groups in total. The third kappa shape index (κ3) is 4.49. The maximum Gasteiger partial charge on any atom is 0.435 e. The smallest absolute Gasteiger partial charge is 0.394 e. The average molecular weight is 293 g/mol. The first kappa shape index (κ1) is 17.0. The summed E-state index contributed by atoms with van der Waals surface area (Å²) >= 11 is 0. The van der Waals surface area contributed by atoms with Crippen molar-refractivity contribution in [3.63, 3.8) is 0 Å². The first-order valence-corrected chi connectivity index (χ1v) is 6.70. The highest BCUT2D eigenvalue weighted by molar-refractivity contribution is 5.04. The van der Waals surface area contributed by atoms with Crippen LogP contribution in [0.1, 0.15) is 45.3 Å². The molecule has 4 nitrogen and oxygen atoms in total. The van der Waals surface area contributed by atoms with Gasteiger partial charge in [-0.15, -0.1) is 0 Å². The number of hydrogen-bond acceptors (Lipinski definition) is 3. The van der Waals surface area contributed by atoms with Gasteiger partial charge in [-0.05, 0) is 39.3 Å². The van der Waals surface area contributed by atoms with Crippen LogP contribution in [0.2, 0.25) is 0 Å². The van der Waals surface area contributed by atoms with Crippen molar-refractivity contribution in [3.8, 4) is 0 Å². The molecule has 2 unspecified atom stereocenters. The monoisotopic (exact) mass is 293 g/mol. The lowest BCUT2D eigenvalue weighted by atomic mass is 9.94. The summed E-state index contributed by atoms with van der Waals surface area (Å²) in [6.07, 6.45) is -1.69. The Labute approximate surface area is 117 Å². The van der Waals surface area contributed by atoms with Crippen molar-refractivity contribution in [1.29, 1.82) is 0 Å². The standard InChI is InChI=1S/C13H22F3N3O/c1-4-6-17-12(3,9-20)8-10(2)19-7-5-11(18-19)13(14,15)16/h5,7,10,17,20H,4,6,8-9H2,1-3H3. The Bertz CT molecular complexity index is 419. The lowest BCUT2D eigenvalue weighted by Gasteiger charge is -2.31. The highest BCUT2D eigenvalue weighted by atomic mass is 19.4. The first-order valence-electron chi connectivity index (χ1n) is 6.70. The van der Waals surface area contributed by atoms with E-state index in [1.807, 2.05) is 13.8 Å². The number of aliphatic hydroxyl groups is 1. The maximum absolute atomic E-state index is 12.5. The van der Waals surface area contributed by atoms with Gasteiger partial charge in [0.1, 0.15) is 0 Å². The van der Waals surface area contributed by atoms with E-state index in [4.69, 9.17) is 0 Å². The van der Waals surface area contributed by atoms with Gasteiger partial charge in [-0.3, -0.25) is 4.68 Å². The Kier molecular flexibility index (Phi) is 5.59. The van der Waals surface area contributed by atoms with E-state index in [1.165, 1.54) is 10.9 Å². The molecular weight excluding hydrogens is 271 g/mol. The second-order valence-corrected chi connectivity index (χ2v) is 5.38. The van der Waals surface area contributed by atoms with Gasteiger partial charge < -0.3 is 10.4 Å². The Morgan fingerprint density at radius 1 is 1.45 bits per heavy atom. The topological polar surface area (TPSA) is 50.1 Å². The van der Waals surface area contributed by atoms with Gasteiger partial charge in [0, 0.05) is 11.7 Å². The summed E-state index contributed by atoms with van der Waals surface area (Å²) < 4.78 is 38.8. The minimum atomic E-state index is -4.42. The van der Waals surface area contributed by atoms with Crippen molar-refractivity contribution in [2.24, 2.45) is 0 Å². The molecule has 2 atom stereocenters. The molecular formula is C13H22F3N3O. The van der Waals surface area contributed by atoms with Crippen molar-refractivity contribution in [3.05, 3.63) is 18.0 Å². The molecule has 20 heavy (non-hydrogen) atoms. The van der Waals surface area contributed by atoms with Crippen LogP contribution in [0.25, 0.3) is 0 Å². The molecule has 1 aromatic heterocycles. The maximum atomic E-state index is 12.5. The minimum Gasteiger partial charge on any atom is -0.394 e. The predicted octanol–water partition coefficient (Wildman–Crippen LogP) is 2.60. The molecule has 0 radical (unpaired) electrons. The largest absolute Gasteiger partial charge is 0.435 e. The molecule has 7 heteroatoms. The molecule has 0 fully saturated rings.